The summed E-state index contributed by atoms with van der Waals surface area (Å²) in [6, 6.07) is 2.02. The summed E-state index contributed by atoms with van der Waals surface area (Å²) in [6.45, 7) is 6.08. The van der Waals surface area contributed by atoms with Crippen molar-refractivity contribution in [2.75, 3.05) is 0 Å². The molecular formula is C9H17ClFNO2. The van der Waals surface area contributed by atoms with Gasteiger partial charge in [-0.2, -0.15) is 0 Å². The Morgan fingerprint density at radius 3 is 1.93 bits per heavy atom. The van der Waals surface area contributed by atoms with Crippen LogP contribution in [-0.2, 0) is 0 Å². The Bertz CT molecular complexity index is 279. The van der Waals surface area contributed by atoms with Gasteiger partial charge in [-0.1, -0.05) is 11.6 Å². The Balaban J connectivity index is -0.000000403. The fraction of sp³-hybridized carbons (Fsp3) is 0.333. The Labute approximate surface area is 87.9 Å². The van der Waals surface area contributed by atoms with Gasteiger partial charge in [-0.3, -0.25) is 0 Å². The molecule has 7 N–H and O–H groups in total. The van der Waals surface area contributed by atoms with Crippen LogP contribution in [0.25, 0.3) is 0 Å². The quantitative estimate of drug-likeness (QED) is 0.506. The third kappa shape index (κ3) is 3.23. The van der Waals surface area contributed by atoms with Gasteiger partial charge in [-0.25, -0.2) is 0 Å². The summed E-state index contributed by atoms with van der Waals surface area (Å²) in [5.74, 6) is 0. The van der Waals surface area contributed by atoms with E-state index in [2.05, 4.69) is 5.73 Å². The molecular weight excluding hydrogens is 209 g/mol. The van der Waals surface area contributed by atoms with E-state index in [0.717, 1.165) is 21.8 Å². The maximum Gasteiger partial charge on any atom is 0.131 e. The van der Waals surface area contributed by atoms with Crippen LogP contribution in [0.2, 0.25) is 5.02 Å². The van der Waals surface area contributed by atoms with E-state index in [1.54, 1.807) is 0 Å². The van der Waals surface area contributed by atoms with Crippen molar-refractivity contribution in [2.45, 2.75) is 20.8 Å². The minimum atomic E-state index is 0. The number of benzene rings is 1. The minimum Gasteiger partial charge on any atom is -1.00 e. The lowest BCUT2D eigenvalue weighted by Crippen LogP contribution is -3.00. The van der Waals surface area contributed by atoms with Crippen LogP contribution in [0.4, 0.5) is 5.69 Å². The van der Waals surface area contributed by atoms with E-state index in [9.17, 15) is 0 Å². The predicted octanol–water partition coefficient (Wildman–Crippen LogP) is -2.51. The van der Waals surface area contributed by atoms with Gasteiger partial charge in [0.1, 0.15) is 5.69 Å². The maximum atomic E-state index is 6.03. The molecule has 5 heteroatoms. The smallest absolute Gasteiger partial charge is 0.131 e. The van der Waals surface area contributed by atoms with Crippen LogP contribution in [0.1, 0.15) is 16.7 Å². The van der Waals surface area contributed by atoms with E-state index in [1.807, 2.05) is 26.8 Å². The van der Waals surface area contributed by atoms with Gasteiger partial charge < -0.3 is 21.4 Å². The van der Waals surface area contributed by atoms with Crippen molar-refractivity contribution < 1.29 is 21.4 Å². The fourth-order valence-corrected chi connectivity index (χ4v) is 1.33. The summed E-state index contributed by atoms with van der Waals surface area (Å²) in [5, 5.41) is 0.870. The molecule has 0 saturated heterocycles. The molecule has 1 aromatic rings. The molecule has 0 atom stereocenters. The van der Waals surface area contributed by atoms with E-state index >= 15 is 0 Å². The van der Waals surface area contributed by atoms with Crippen molar-refractivity contribution >= 4 is 17.3 Å². The van der Waals surface area contributed by atoms with Gasteiger partial charge >= 0.3 is 0 Å². The lowest BCUT2D eigenvalue weighted by atomic mass is 10.0. The first kappa shape index (κ1) is 19.0. The molecule has 3 nitrogen and oxygen atoms in total. The van der Waals surface area contributed by atoms with Crippen LogP contribution in [0.3, 0.4) is 0 Å². The molecule has 14 heavy (non-hydrogen) atoms. The number of halogens is 2. The molecule has 1 aromatic carbocycles. The average molecular weight is 226 g/mol. The zero-order valence-electron chi connectivity index (χ0n) is 8.54. The fourth-order valence-electron chi connectivity index (χ4n) is 1.13. The van der Waals surface area contributed by atoms with Gasteiger partial charge in [0.25, 0.3) is 0 Å². The Morgan fingerprint density at radius 2 is 1.50 bits per heavy atom. The van der Waals surface area contributed by atoms with Crippen LogP contribution in [-0.4, -0.2) is 11.0 Å². The van der Waals surface area contributed by atoms with Crippen LogP contribution < -0.4 is 10.4 Å². The second kappa shape index (κ2) is 6.73. The number of hydrogen-bond acceptors (Lipinski definition) is 0. The molecule has 0 aliphatic heterocycles. The summed E-state index contributed by atoms with van der Waals surface area (Å²) in [4.78, 5) is 0. The van der Waals surface area contributed by atoms with E-state index < -0.39 is 0 Å². The van der Waals surface area contributed by atoms with Crippen LogP contribution >= 0.6 is 11.6 Å². The van der Waals surface area contributed by atoms with Gasteiger partial charge in [0.2, 0.25) is 0 Å². The van der Waals surface area contributed by atoms with Crippen molar-refractivity contribution in [3.8, 4) is 0 Å². The molecule has 0 aliphatic rings. The highest BCUT2D eigenvalue weighted by Crippen LogP contribution is 2.26. The highest BCUT2D eigenvalue weighted by molar-refractivity contribution is 6.32. The van der Waals surface area contributed by atoms with E-state index in [1.165, 1.54) is 5.56 Å². The third-order valence-electron chi connectivity index (χ3n) is 2.11. The van der Waals surface area contributed by atoms with E-state index in [-0.39, 0.29) is 15.7 Å². The molecule has 1 rings (SSSR count). The van der Waals surface area contributed by atoms with Crippen LogP contribution in [0.15, 0.2) is 6.07 Å². The SMILES string of the molecule is Cc1cc([NH3+])c(C)c(C)c1Cl.O.O.[F-]. The molecule has 0 unspecified atom stereocenters. The highest BCUT2D eigenvalue weighted by Gasteiger charge is 2.07. The predicted molar refractivity (Wildman–Crippen MR) is 55.4 cm³/mol. The maximum absolute atomic E-state index is 6.03. The minimum absolute atomic E-state index is 0. The van der Waals surface area contributed by atoms with Gasteiger partial charge in [-0.15, -0.1) is 0 Å². The van der Waals surface area contributed by atoms with Gasteiger partial charge in [0.05, 0.1) is 0 Å². The van der Waals surface area contributed by atoms with Gasteiger partial charge in [0.15, 0.2) is 0 Å². The van der Waals surface area contributed by atoms with Crippen molar-refractivity contribution in [2.24, 2.45) is 0 Å². The first-order valence-corrected chi connectivity index (χ1v) is 4.00. The topological polar surface area (TPSA) is 90.6 Å². The second-order valence-electron chi connectivity index (χ2n) is 2.92. The molecule has 0 bridgehead atoms. The molecule has 0 spiro atoms. The number of aryl methyl sites for hydroxylation is 1. The third-order valence-corrected chi connectivity index (χ3v) is 2.69. The molecule has 0 amide bonds. The van der Waals surface area contributed by atoms with E-state index in [0.29, 0.717) is 0 Å². The van der Waals surface area contributed by atoms with Gasteiger partial charge in [0, 0.05) is 16.7 Å². The van der Waals surface area contributed by atoms with E-state index in [4.69, 9.17) is 11.6 Å². The molecule has 0 fully saturated rings. The molecule has 0 radical (unpaired) electrons. The number of quaternary nitrogens is 1. The monoisotopic (exact) mass is 225 g/mol. The summed E-state index contributed by atoms with van der Waals surface area (Å²) in [6.07, 6.45) is 0. The Hall–Kier alpha value is -0.680. The largest absolute Gasteiger partial charge is 1.00 e. The summed E-state index contributed by atoms with van der Waals surface area (Å²) < 4.78 is 0. The second-order valence-corrected chi connectivity index (χ2v) is 3.29. The normalized spacial score (nSPS) is 8.07. The molecule has 0 aromatic heterocycles. The van der Waals surface area contributed by atoms with Crippen molar-refractivity contribution in [1.82, 2.24) is 0 Å². The Morgan fingerprint density at radius 1 is 1.07 bits per heavy atom. The number of hydrogen-bond donors (Lipinski definition) is 1. The summed E-state index contributed by atoms with van der Waals surface area (Å²) in [7, 11) is 0. The number of rotatable bonds is 0. The summed E-state index contributed by atoms with van der Waals surface area (Å²) >= 11 is 6.03. The van der Waals surface area contributed by atoms with Crippen molar-refractivity contribution in [1.29, 1.82) is 0 Å². The molecule has 84 valence electrons. The first-order valence-electron chi connectivity index (χ1n) is 3.62. The first-order chi connectivity index (χ1) is 5.04. The van der Waals surface area contributed by atoms with Gasteiger partial charge in [-0.05, 0) is 31.9 Å². The van der Waals surface area contributed by atoms with Crippen molar-refractivity contribution in [3.63, 3.8) is 0 Å². The van der Waals surface area contributed by atoms with Crippen LogP contribution in [0, 0.1) is 20.8 Å². The van der Waals surface area contributed by atoms with Crippen molar-refractivity contribution in [3.05, 3.63) is 27.8 Å². The zero-order chi connectivity index (χ0) is 8.59. The molecule has 0 heterocycles. The molecule has 0 saturated carbocycles. The molecule has 0 aliphatic carbocycles. The average Bonchev–Trinajstić information content (AvgIpc) is 1.97. The zero-order valence-corrected chi connectivity index (χ0v) is 9.30. The lowest BCUT2D eigenvalue weighted by Gasteiger charge is -2.06. The lowest BCUT2D eigenvalue weighted by molar-refractivity contribution is -0.255. The highest BCUT2D eigenvalue weighted by atomic mass is 35.5. The summed E-state index contributed by atoms with van der Waals surface area (Å²) in [5.41, 5.74) is 8.45. The Kier molecular flexibility index (Phi) is 9.12. The standard InChI is InChI=1S/C9H12ClN.FH.2H2O/c1-5-4-8(11)6(2)7(3)9(5)10;;;/h4H,11H2,1-3H3;1H;2*1H2. The van der Waals surface area contributed by atoms with Crippen LogP contribution in [0.5, 0.6) is 0 Å².